The Kier molecular flexibility index (Phi) is 4.48. The second kappa shape index (κ2) is 5.64. The lowest BCUT2D eigenvalue weighted by molar-refractivity contribution is 0.680. The van der Waals surface area contributed by atoms with Crippen LogP contribution in [0.4, 0.5) is 5.69 Å². The van der Waals surface area contributed by atoms with E-state index in [1.165, 1.54) is 5.56 Å². The molecule has 16 heavy (non-hydrogen) atoms. The average Bonchev–Trinajstić information content (AvgIpc) is 2.30. The Bertz CT molecular complexity index is 402. The molecule has 0 aliphatic carbocycles. The maximum Gasteiger partial charge on any atom is 0.0662 e. The summed E-state index contributed by atoms with van der Waals surface area (Å²) in [6.45, 7) is 12.6. The van der Waals surface area contributed by atoms with Crippen LogP contribution < -0.4 is 0 Å². The lowest BCUT2D eigenvalue weighted by atomic mass is 9.96. The van der Waals surface area contributed by atoms with Gasteiger partial charge in [-0.3, -0.25) is 4.99 Å². The van der Waals surface area contributed by atoms with Crippen molar-refractivity contribution >= 4 is 11.4 Å². The number of aryl methyl sites for hydroxylation is 1. The van der Waals surface area contributed by atoms with Crippen molar-refractivity contribution in [3.8, 4) is 0 Å². The Labute approximate surface area is 98.9 Å². The fourth-order valence-corrected chi connectivity index (χ4v) is 1.54. The van der Waals surface area contributed by atoms with E-state index in [0.29, 0.717) is 5.92 Å². The lowest BCUT2D eigenvalue weighted by Gasteiger charge is -2.12. The molecule has 1 heteroatoms. The third-order valence-electron chi connectivity index (χ3n) is 3.08. The predicted octanol–water partition coefficient (Wildman–Crippen LogP) is 4.69. The topological polar surface area (TPSA) is 12.4 Å². The van der Waals surface area contributed by atoms with E-state index >= 15 is 0 Å². The van der Waals surface area contributed by atoms with Gasteiger partial charge in [-0.2, -0.15) is 0 Å². The lowest BCUT2D eigenvalue weighted by Crippen LogP contribution is -2.05. The van der Waals surface area contributed by atoms with Gasteiger partial charge in [-0.1, -0.05) is 38.6 Å². The van der Waals surface area contributed by atoms with Crippen LogP contribution in [0.1, 0.15) is 32.8 Å². The Morgan fingerprint density at radius 2 is 2.00 bits per heavy atom. The number of benzene rings is 1. The van der Waals surface area contributed by atoms with Gasteiger partial charge in [0.15, 0.2) is 0 Å². The molecule has 0 aliphatic heterocycles. The Hall–Kier alpha value is -1.37. The van der Waals surface area contributed by atoms with Gasteiger partial charge in [-0.15, -0.1) is 0 Å². The predicted molar refractivity (Wildman–Crippen MR) is 72.5 cm³/mol. The van der Waals surface area contributed by atoms with E-state index < -0.39 is 0 Å². The van der Waals surface area contributed by atoms with Crippen molar-refractivity contribution in [3.63, 3.8) is 0 Å². The van der Waals surface area contributed by atoms with Crippen LogP contribution in [-0.2, 0) is 0 Å². The molecule has 1 aromatic rings. The molecular formula is C15H21N. The molecule has 0 bridgehead atoms. The van der Waals surface area contributed by atoms with E-state index in [2.05, 4.69) is 38.4 Å². The normalized spacial score (nSPS) is 13.6. The fraction of sp³-hybridized carbons (Fsp3) is 0.400. The van der Waals surface area contributed by atoms with E-state index in [0.717, 1.165) is 23.4 Å². The van der Waals surface area contributed by atoms with Crippen LogP contribution in [-0.4, -0.2) is 5.71 Å². The van der Waals surface area contributed by atoms with Crippen LogP contribution in [0.5, 0.6) is 0 Å². The van der Waals surface area contributed by atoms with Crippen molar-refractivity contribution in [1.82, 2.24) is 0 Å². The third kappa shape index (κ3) is 3.06. The van der Waals surface area contributed by atoms with E-state index in [-0.39, 0.29) is 0 Å². The zero-order valence-electron chi connectivity index (χ0n) is 10.7. The first-order valence-electron chi connectivity index (χ1n) is 5.86. The summed E-state index contributed by atoms with van der Waals surface area (Å²) in [5, 5.41) is 0. The van der Waals surface area contributed by atoms with Gasteiger partial charge in [0.1, 0.15) is 0 Å². The molecule has 86 valence electrons. The van der Waals surface area contributed by atoms with E-state index in [1.807, 2.05) is 25.1 Å². The molecule has 1 nitrogen and oxygen atoms in total. The van der Waals surface area contributed by atoms with E-state index in [4.69, 9.17) is 0 Å². The van der Waals surface area contributed by atoms with Crippen LogP contribution >= 0.6 is 0 Å². The van der Waals surface area contributed by atoms with Gasteiger partial charge >= 0.3 is 0 Å². The molecule has 0 saturated heterocycles. The molecule has 0 heterocycles. The first kappa shape index (κ1) is 12.7. The van der Waals surface area contributed by atoms with E-state index in [1.54, 1.807) is 0 Å². The number of hydrogen-bond acceptors (Lipinski definition) is 1. The first-order valence-corrected chi connectivity index (χ1v) is 5.86. The Morgan fingerprint density at radius 3 is 2.56 bits per heavy atom. The molecule has 1 atom stereocenters. The minimum Gasteiger partial charge on any atom is -0.253 e. The van der Waals surface area contributed by atoms with Gasteiger partial charge in [0.25, 0.3) is 0 Å². The highest BCUT2D eigenvalue weighted by molar-refractivity contribution is 5.99. The number of allylic oxidation sites excluding steroid dienone is 1. The highest BCUT2D eigenvalue weighted by Crippen LogP contribution is 2.21. The van der Waals surface area contributed by atoms with Crippen LogP contribution in [0.3, 0.4) is 0 Å². The Morgan fingerprint density at radius 1 is 1.38 bits per heavy atom. The standard InChI is InChI=1S/C15H21N/c1-6-11(2)13(4)14(5)16-15-10-8-7-9-12(15)3/h7-11H,4,6H2,1-3,5H3. The summed E-state index contributed by atoms with van der Waals surface area (Å²) >= 11 is 0. The molecule has 0 amide bonds. The van der Waals surface area contributed by atoms with Crippen molar-refractivity contribution in [2.45, 2.75) is 34.1 Å². The quantitative estimate of drug-likeness (QED) is 0.646. The SMILES string of the molecule is C=C(C(C)=Nc1ccccc1C)C(C)CC. The van der Waals surface area contributed by atoms with Crippen LogP contribution in [0.15, 0.2) is 41.4 Å². The highest BCUT2D eigenvalue weighted by Gasteiger charge is 2.07. The summed E-state index contributed by atoms with van der Waals surface area (Å²) in [6, 6.07) is 8.18. The van der Waals surface area contributed by atoms with Crippen molar-refractivity contribution < 1.29 is 0 Å². The number of nitrogens with zero attached hydrogens (tertiary/aromatic N) is 1. The molecular weight excluding hydrogens is 194 g/mol. The zero-order valence-corrected chi connectivity index (χ0v) is 10.7. The highest BCUT2D eigenvalue weighted by atomic mass is 14.7. The van der Waals surface area contributed by atoms with E-state index in [9.17, 15) is 0 Å². The minimum absolute atomic E-state index is 0.507. The monoisotopic (exact) mass is 215 g/mol. The van der Waals surface area contributed by atoms with Gasteiger partial charge in [-0.05, 0) is 43.4 Å². The molecule has 1 rings (SSSR count). The fourth-order valence-electron chi connectivity index (χ4n) is 1.54. The summed E-state index contributed by atoms with van der Waals surface area (Å²) in [7, 11) is 0. The molecule has 0 fully saturated rings. The summed E-state index contributed by atoms with van der Waals surface area (Å²) < 4.78 is 0. The van der Waals surface area contributed by atoms with Crippen molar-refractivity contribution in [1.29, 1.82) is 0 Å². The van der Waals surface area contributed by atoms with Gasteiger partial charge in [-0.25, -0.2) is 0 Å². The molecule has 0 aromatic heterocycles. The number of aliphatic imine (C=N–C) groups is 1. The van der Waals surface area contributed by atoms with Crippen molar-refractivity contribution in [2.75, 3.05) is 0 Å². The maximum absolute atomic E-state index is 4.64. The average molecular weight is 215 g/mol. The Balaban J connectivity index is 2.93. The second-order valence-corrected chi connectivity index (χ2v) is 4.32. The summed E-state index contributed by atoms with van der Waals surface area (Å²) in [5.41, 5.74) is 4.44. The van der Waals surface area contributed by atoms with Crippen LogP contribution in [0.25, 0.3) is 0 Å². The van der Waals surface area contributed by atoms with Gasteiger partial charge < -0.3 is 0 Å². The third-order valence-corrected chi connectivity index (χ3v) is 3.08. The molecule has 1 unspecified atom stereocenters. The molecule has 0 N–H and O–H groups in total. The van der Waals surface area contributed by atoms with Gasteiger partial charge in [0.2, 0.25) is 0 Å². The van der Waals surface area contributed by atoms with Gasteiger partial charge in [0.05, 0.1) is 5.69 Å². The van der Waals surface area contributed by atoms with Crippen LogP contribution in [0, 0.1) is 12.8 Å². The maximum atomic E-state index is 4.64. The van der Waals surface area contributed by atoms with Crippen LogP contribution in [0.2, 0.25) is 0 Å². The first-order chi connectivity index (χ1) is 7.56. The summed E-state index contributed by atoms with van der Waals surface area (Å²) in [6.07, 6.45) is 1.11. The second-order valence-electron chi connectivity index (χ2n) is 4.32. The molecule has 0 aliphatic rings. The zero-order chi connectivity index (χ0) is 12.1. The van der Waals surface area contributed by atoms with Gasteiger partial charge in [0, 0.05) is 5.71 Å². The summed E-state index contributed by atoms with van der Waals surface area (Å²) in [4.78, 5) is 4.64. The molecule has 0 saturated carbocycles. The molecule has 0 spiro atoms. The van der Waals surface area contributed by atoms with Crippen molar-refractivity contribution in [2.24, 2.45) is 10.9 Å². The number of para-hydroxylation sites is 1. The van der Waals surface area contributed by atoms with Crippen molar-refractivity contribution in [3.05, 3.63) is 42.0 Å². The molecule has 0 radical (unpaired) electrons. The largest absolute Gasteiger partial charge is 0.253 e. The minimum atomic E-state index is 0.507. The molecule has 1 aromatic carbocycles. The number of hydrogen-bond donors (Lipinski definition) is 0. The summed E-state index contributed by atoms with van der Waals surface area (Å²) in [5.74, 6) is 0.507. The smallest absolute Gasteiger partial charge is 0.0662 e. The number of rotatable bonds is 4.